The number of furan rings is 1. The lowest BCUT2D eigenvalue weighted by molar-refractivity contribution is 0.447. The fraction of sp³-hybridized carbons (Fsp3) is 0.267. The summed E-state index contributed by atoms with van der Waals surface area (Å²) in [5, 5.41) is 15.8. The molecule has 0 saturated carbocycles. The van der Waals surface area contributed by atoms with Gasteiger partial charge in [0.25, 0.3) is 0 Å². The van der Waals surface area contributed by atoms with E-state index in [9.17, 15) is 0 Å². The third kappa shape index (κ3) is 3.17. The Bertz CT molecular complexity index is 689. The molecule has 0 fully saturated rings. The van der Waals surface area contributed by atoms with E-state index in [2.05, 4.69) is 27.7 Å². The average molecular weight is 283 g/mol. The van der Waals surface area contributed by atoms with Crippen molar-refractivity contribution in [3.05, 3.63) is 54.0 Å². The summed E-state index contributed by atoms with van der Waals surface area (Å²) in [5.41, 5.74) is 2.08. The molecule has 0 amide bonds. The van der Waals surface area contributed by atoms with Gasteiger partial charge in [0.2, 0.25) is 5.82 Å². The van der Waals surface area contributed by atoms with Crippen LogP contribution < -0.4 is 5.32 Å². The smallest absolute Gasteiger partial charge is 0.204 e. The van der Waals surface area contributed by atoms with Crippen molar-refractivity contribution in [1.82, 2.24) is 25.5 Å². The predicted octanol–water partition coefficient (Wildman–Crippen LogP) is 2.09. The number of hydrogen-bond acceptors (Lipinski definition) is 5. The molecule has 0 saturated heterocycles. The summed E-state index contributed by atoms with van der Waals surface area (Å²) in [6.45, 7) is 4.26. The minimum atomic E-state index is 0.480. The first-order chi connectivity index (χ1) is 10.4. The van der Waals surface area contributed by atoms with Crippen LogP contribution in [0, 0.1) is 0 Å². The van der Waals surface area contributed by atoms with Crippen LogP contribution in [0.4, 0.5) is 0 Å². The van der Waals surface area contributed by atoms with Crippen LogP contribution in [0.3, 0.4) is 0 Å². The standard InChI is InChI=1S/C15H17N5O/c1-2-16-10-13-8-9-21-14(13)11-20-18-15(17-19-20)12-6-4-3-5-7-12/h3-9,16H,2,10-11H2,1H3. The van der Waals surface area contributed by atoms with Gasteiger partial charge in [0.05, 0.1) is 6.26 Å². The van der Waals surface area contributed by atoms with Crippen molar-refractivity contribution in [2.75, 3.05) is 6.54 Å². The van der Waals surface area contributed by atoms with Crippen molar-refractivity contribution in [1.29, 1.82) is 0 Å². The summed E-state index contributed by atoms with van der Waals surface area (Å²) in [6.07, 6.45) is 1.69. The Balaban J connectivity index is 1.74. The van der Waals surface area contributed by atoms with Gasteiger partial charge >= 0.3 is 0 Å². The maximum Gasteiger partial charge on any atom is 0.204 e. The van der Waals surface area contributed by atoms with Gasteiger partial charge in [-0.3, -0.25) is 0 Å². The van der Waals surface area contributed by atoms with E-state index in [-0.39, 0.29) is 0 Å². The van der Waals surface area contributed by atoms with E-state index in [1.54, 1.807) is 11.1 Å². The summed E-state index contributed by atoms with van der Waals surface area (Å²) < 4.78 is 5.51. The molecule has 1 N–H and O–H groups in total. The fourth-order valence-corrected chi connectivity index (χ4v) is 2.06. The number of hydrogen-bond donors (Lipinski definition) is 1. The van der Waals surface area contributed by atoms with Gasteiger partial charge in [0.15, 0.2) is 0 Å². The molecule has 0 unspecified atom stereocenters. The first-order valence-electron chi connectivity index (χ1n) is 6.96. The van der Waals surface area contributed by atoms with Gasteiger partial charge in [-0.15, -0.1) is 10.2 Å². The number of nitrogens with one attached hydrogen (secondary N) is 1. The molecule has 2 aromatic heterocycles. The maximum atomic E-state index is 5.51. The maximum absolute atomic E-state index is 5.51. The van der Waals surface area contributed by atoms with Crippen LogP contribution >= 0.6 is 0 Å². The molecule has 0 spiro atoms. The second-order valence-electron chi connectivity index (χ2n) is 4.66. The summed E-state index contributed by atoms with van der Waals surface area (Å²) >= 11 is 0. The topological polar surface area (TPSA) is 68.8 Å². The van der Waals surface area contributed by atoms with Crippen LogP contribution in [0.15, 0.2) is 47.1 Å². The highest BCUT2D eigenvalue weighted by Crippen LogP contribution is 2.14. The van der Waals surface area contributed by atoms with Gasteiger partial charge in [0.1, 0.15) is 12.3 Å². The number of aromatic nitrogens is 4. The molecule has 3 rings (SSSR count). The molecule has 2 heterocycles. The minimum absolute atomic E-state index is 0.480. The van der Waals surface area contributed by atoms with Gasteiger partial charge in [-0.1, -0.05) is 37.3 Å². The summed E-state index contributed by atoms with van der Waals surface area (Å²) in [6, 6.07) is 11.8. The number of benzene rings is 1. The summed E-state index contributed by atoms with van der Waals surface area (Å²) in [7, 11) is 0. The van der Waals surface area contributed by atoms with E-state index in [0.29, 0.717) is 12.4 Å². The van der Waals surface area contributed by atoms with E-state index in [0.717, 1.165) is 30.0 Å². The van der Waals surface area contributed by atoms with Gasteiger partial charge in [-0.2, -0.15) is 4.80 Å². The van der Waals surface area contributed by atoms with Crippen molar-refractivity contribution in [2.24, 2.45) is 0 Å². The Hall–Kier alpha value is -2.47. The first-order valence-corrected chi connectivity index (χ1v) is 6.96. The number of rotatable bonds is 6. The zero-order valence-electron chi connectivity index (χ0n) is 11.9. The summed E-state index contributed by atoms with van der Waals surface area (Å²) in [5.74, 6) is 1.48. The van der Waals surface area contributed by atoms with Crippen LogP contribution in [0.25, 0.3) is 11.4 Å². The lowest BCUT2D eigenvalue weighted by atomic mass is 10.2. The summed E-state index contributed by atoms with van der Waals surface area (Å²) in [4.78, 5) is 1.55. The van der Waals surface area contributed by atoms with Crippen molar-refractivity contribution in [3.8, 4) is 11.4 Å². The van der Waals surface area contributed by atoms with E-state index in [1.807, 2.05) is 36.4 Å². The Morgan fingerprint density at radius 3 is 2.86 bits per heavy atom. The fourth-order valence-electron chi connectivity index (χ4n) is 2.06. The molecule has 108 valence electrons. The first kappa shape index (κ1) is 13.5. The van der Waals surface area contributed by atoms with E-state index >= 15 is 0 Å². The molecular weight excluding hydrogens is 266 g/mol. The molecular formula is C15H17N5O. The predicted molar refractivity (Wildman–Crippen MR) is 78.4 cm³/mol. The zero-order chi connectivity index (χ0) is 14.5. The third-order valence-corrected chi connectivity index (χ3v) is 3.17. The second-order valence-corrected chi connectivity index (χ2v) is 4.66. The van der Waals surface area contributed by atoms with Crippen LogP contribution in [0.2, 0.25) is 0 Å². The lowest BCUT2D eigenvalue weighted by Crippen LogP contribution is -2.13. The molecule has 0 atom stereocenters. The monoisotopic (exact) mass is 283 g/mol. The van der Waals surface area contributed by atoms with Gasteiger partial charge in [-0.25, -0.2) is 0 Å². The largest absolute Gasteiger partial charge is 0.467 e. The molecule has 21 heavy (non-hydrogen) atoms. The van der Waals surface area contributed by atoms with Crippen molar-refractivity contribution < 1.29 is 4.42 Å². The Labute approximate surface area is 122 Å². The van der Waals surface area contributed by atoms with E-state index < -0.39 is 0 Å². The molecule has 0 radical (unpaired) electrons. The Morgan fingerprint density at radius 1 is 1.19 bits per heavy atom. The zero-order valence-corrected chi connectivity index (χ0v) is 11.9. The van der Waals surface area contributed by atoms with Gasteiger partial charge in [0, 0.05) is 17.7 Å². The van der Waals surface area contributed by atoms with Crippen LogP contribution in [0.1, 0.15) is 18.2 Å². The van der Waals surface area contributed by atoms with E-state index in [4.69, 9.17) is 4.42 Å². The normalized spacial score (nSPS) is 10.9. The van der Waals surface area contributed by atoms with Crippen molar-refractivity contribution >= 4 is 0 Å². The van der Waals surface area contributed by atoms with Gasteiger partial charge in [-0.05, 0) is 17.8 Å². The van der Waals surface area contributed by atoms with Crippen molar-refractivity contribution in [3.63, 3.8) is 0 Å². The quantitative estimate of drug-likeness (QED) is 0.750. The second kappa shape index (κ2) is 6.32. The lowest BCUT2D eigenvalue weighted by Gasteiger charge is -2.02. The third-order valence-electron chi connectivity index (χ3n) is 3.17. The highest BCUT2D eigenvalue weighted by molar-refractivity contribution is 5.52. The molecule has 0 aliphatic carbocycles. The van der Waals surface area contributed by atoms with Crippen molar-refractivity contribution in [2.45, 2.75) is 20.0 Å². The minimum Gasteiger partial charge on any atom is -0.467 e. The Morgan fingerprint density at radius 2 is 2.05 bits per heavy atom. The molecule has 6 nitrogen and oxygen atoms in total. The van der Waals surface area contributed by atoms with E-state index in [1.165, 1.54) is 0 Å². The molecule has 0 aliphatic rings. The molecule has 0 aliphatic heterocycles. The molecule has 3 aromatic rings. The van der Waals surface area contributed by atoms with Crippen LogP contribution in [-0.4, -0.2) is 26.8 Å². The highest BCUT2D eigenvalue weighted by atomic mass is 16.3. The molecule has 6 heteroatoms. The highest BCUT2D eigenvalue weighted by Gasteiger charge is 2.10. The average Bonchev–Trinajstić information content (AvgIpc) is 3.16. The molecule has 1 aromatic carbocycles. The number of nitrogens with zero attached hydrogens (tertiary/aromatic N) is 4. The SMILES string of the molecule is CCNCc1ccoc1Cn1nnc(-c2ccccc2)n1. The van der Waals surface area contributed by atoms with Crippen LogP contribution in [0.5, 0.6) is 0 Å². The van der Waals surface area contributed by atoms with Gasteiger partial charge < -0.3 is 9.73 Å². The Kier molecular flexibility index (Phi) is 4.07. The van der Waals surface area contributed by atoms with Crippen LogP contribution in [-0.2, 0) is 13.1 Å². The number of tetrazole rings is 1. The molecule has 0 bridgehead atoms.